The Labute approximate surface area is 184 Å². The van der Waals surface area contributed by atoms with Gasteiger partial charge in [0.05, 0.1) is 18.4 Å². The zero-order valence-corrected chi connectivity index (χ0v) is 17.6. The lowest BCUT2D eigenvalue weighted by atomic mass is 10.0. The quantitative estimate of drug-likeness (QED) is 0.339. The summed E-state index contributed by atoms with van der Waals surface area (Å²) < 4.78 is 4.97. The van der Waals surface area contributed by atoms with E-state index < -0.39 is 5.97 Å². The zero-order valence-electron chi connectivity index (χ0n) is 17.6. The van der Waals surface area contributed by atoms with Gasteiger partial charge in [-0.15, -0.1) is 0 Å². The SMILES string of the molecule is COC(=O)c1[nH]c2ccccc2c1CN1CCc2nc(-c3ccc(N)cc3)[nH]c(=O)c2C1. The number of fused-ring (bicyclic) bond motifs is 2. The molecule has 2 aromatic carbocycles. The van der Waals surface area contributed by atoms with Crippen molar-refractivity contribution >= 4 is 22.6 Å². The molecule has 8 heteroatoms. The highest BCUT2D eigenvalue weighted by atomic mass is 16.5. The van der Waals surface area contributed by atoms with Crippen LogP contribution in [0, 0.1) is 0 Å². The van der Waals surface area contributed by atoms with Crippen LogP contribution in [0.5, 0.6) is 0 Å². The number of ether oxygens (including phenoxy) is 1. The number of hydrogen-bond donors (Lipinski definition) is 3. The van der Waals surface area contributed by atoms with Gasteiger partial charge in [0.25, 0.3) is 5.56 Å². The highest BCUT2D eigenvalue weighted by Gasteiger charge is 2.25. The number of esters is 1. The van der Waals surface area contributed by atoms with E-state index in [1.54, 1.807) is 12.1 Å². The van der Waals surface area contributed by atoms with Crippen molar-refractivity contribution in [3.8, 4) is 11.4 Å². The number of nitrogens with zero attached hydrogens (tertiary/aromatic N) is 2. The first-order valence-electron chi connectivity index (χ1n) is 10.4. The molecule has 162 valence electrons. The van der Waals surface area contributed by atoms with Crippen LogP contribution < -0.4 is 11.3 Å². The lowest BCUT2D eigenvalue weighted by molar-refractivity contribution is 0.0592. The Morgan fingerprint density at radius 3 is 2.72 bits per heavy atom. The van der Waals surface area contributed by atoms with Gasteiger partial charge in [-0.3, -0.25) is 9.69 Å². The molecule has 0 saturated heterocycles. The number of nitrogens with two attached hydrogens (primary N) is 1. The molecule has 0 atom stereocenters. The molecule has 8 nitrogen and oxygen atoms in total. The minimum absolute atomic E-state index is 0.140. The number of anilines is 1. The van der Waals surface area contributed by atoms with Gasteiger partial charge in [0.2, 0.25) is 0 Å². The van der Waals surface area contributed by atoms with E-state index >= 15 is 0 Å². The number of carbonyl (C=O) groups excluding carboxylic acids is 1. The smallest absolute Gasteiger partial charge is 0.354 e. The number of methoxy groups -OCH3 is 1. The molecule has 0 aliphatic carbocycles. The monoisotopic (exact) mass is 429 g/mol. The van der Waals surface area contributed by atoms with Crippen LogP contribution in [0.15, 0.2) is 53.3 Å². The van der Waals surface area contributed by atoms with E-state index in [0.29, 0.717) is 42.3 Å². The Kier molecular flexibility index (Phi) is 4.99. The van der Waals surface area contributed by atoms with E-state index in [1.165, 1.54) is 7.11 Å². The minimum atomic E-state index is -0.402. The zero-order chi connectivity index (χ0) is 22.2. The van der Waals surface area contributed by atoms with Crippen LogP contribution in [-0.4, -0.2) is 39.5 Å². The average Bonchev–Trinajstić information content (AvgIpc) is 3.17. The van der Waals surface area contributed by atoms with Crippen molar-refractivity contribution in [1.82, 2.24) is 19.9 Å². The largest absolute Gasteiger partial charge is 0.464 e. The molecule has 0 amide bonds. The molecule has 32 heavy (non-hydrogen) atoms. The average molecular weight is 429 g/mol. The number of hydrogen-bond acceptors (Lipinski definition) is 6. The Morgan fingerprint density at radius 2 is 1.94 bits per heavy atom. The summed E-state index contributed by atoms with van der Waals surface area (Å²) in [6.07, 6.45) is 0.650. The van der Waals surface area contributed by atoms with Crippen molar-refractivity contribution < 1.29 is 9.53 Å². The molecule has 0 bridgehead atoms. The molecule has 0 spiro atoms. The fourth-order valence-corrected chi connectivity index (χ4v) is 4.26. The summed E-state index contributed by atoms with van der Waals surface area (Å²) in [7, 11) is 1.37. The van der Waals surface area contributed by atoms with E-state index in [2.05, 4.69) is 14.9 Å². The molecular formula is C24H23N5O3. The number of nitrogens with one attached hydrogen (secondary N) is 2. The molecule has 0 unspecified atom stereocenters. The normalized spacial score (nSPS) is 13.8. The molecule has 3 heterocycles. The molecule has 0 saturated carbocycles. The number of nitrogen functional groups attached to an aromatic ring is 1. The van der Waals surface area contributed by atoms with Crippen LogP contribution in [0.25, 0.3) is 22.3 Å². The standard InChI is InChI=1S/C24H23N5O3/c1-32-24(31)21-17(16-4-2-3-5-19(16)26-21)12-29-11-10-20-18(13-29)23(30)28-22(27-20)14-6-8-15(25)9-7-14/h2-9,26H,10-13,25H2,1H3,(H,27,28,30). The minimum Gasteiger partial charge on any atom is -0.464 e. The van der Waals surface area contributed by atoms with Gasteiger partial charge in [-0.2, -0.15) is 0 Å². The summed E-state index contributed by atoms with van der Waals surface area (Å²) in [6, 6.07) is 15.1. The van der Waals surface area contributed by atoms with Gasteiger partial charge in [-0.1, -0.05) is 18.2 Å². The predicted molar refractivity (Wildman–Crippen MR) is 122 cm³/mol. The van der Waals surface area contributed by atoms with E-state index in [4.69, 9.17) is 15.5 Å². The Hall–Kier alpha value is -3.91. The second-order valence-electron chi connectivity index (χ2n) is 7.94. The highest BCUT2D eigenvalue weighted by molar-refractivity contribution is 5.98. The van der Waals surface area contributed by atoms with Gasteiger partial charge in [-0.05, 0) is 30.3 Å². The maximum absolute atomic E-state index is 12.9. The van der Waals surface area contributed by atoms with Gasteiger partial charge in [0.15, 0.2) is 0 Å². The summed E-state index contributed by atoms with van der Waals surface area (Å²) in [4.78, 5) is 38.2. The fourth-order valence-electron chi connectivity index (χ4n) is 4.26. The van der Waals surface area contributed by atoms with Crippen molar-refractivity contribution in [2.24, 2.45) is 0 Å². The molecule has 1 aliphatic heterocycles. The number of H-pyrrole nitrogens is 2. The maximum atomic E-state index is 12.9. The van der Waals surface area contributed by atoms with E-state index in [9.17, 15) is 9.59 Å². The summed E-state index contributed by atoms with van der Waals surface area (Å²) in [6.45, 7) is 1.71. The van der Waals surface area contributed by atoms with Crippen molar-refractivity contribution in [1.29, 1.82) is 0 Å². The first-order chi connectivity index (χ1) is 15.5. The van der Waals surface area contributed by atoms with Crippen molar-refractivity contribution in [2.45, 2.75) is 19.5 Å². The summed E-state index contributed by atoms with van der Waals surface area (Å²) >= 11 is 0. The fraction of sp³-hybridized carbons (Fsp3) is 0.208. The predicted octanol–water partition coefficient (Wildman–Crippen LogP) is 2.85. The Balaban J connectivity index is 1.45. The Morgan fingerprint density at radius 1 is 1.16 bits per heavy atom. The number of benzene rings is 2. The number of aromatic nitrogens is 3. The topological polar surface area (TPSA) is 117 Å². The summed E-state index contributed by atoms with van der Waals surface area (Å²) in [5, 5.41) is 0.976. The van der Waals surface area contributed by atoms with Crippen molar-refractivity contribution in [3.05, 3.63) is 81.4 Å². The molecule has 0 fully saturated rings. The number of aromatic amines is 2. The lowest BCUT2D eigenvalue weighted by Crippen LogP contribution is -2.35. The number of rotatable bonds is 4. The van der Waals surface area contributed by atoms with E-state index in [-0.39, 0.29) is 5.56 Å². The first kappa shape index (κ1) is 20.0. The molecule has 1 aliphatic rings. The van der Waals surface area contributed by atoms with Crippen molar-refractivity contribution in [2.75, 3.05) is 19.4 Å². The number of carbonyl (C=O) groups is 1. The van der Waals surface area contributed by atoms with Gasteiger partial charge in [-0.25, -0.2) is 9.78 Å². The third kappa shape index (κ3) is 3.54. The van der Waals surface area contributed by atoms with E-state index in [1.807, 2.05) is 36.4 Å². The summed E-state index contributed by atoms with van der Waals surface area (Å²) in [5.74, 6) is 0.146. The second-order valence-corrected chi connectivity index (χ2v) is 7.94. The second kappa shape index (κ2) is 7.97. The Bertz CT molecular complexity index is 1370. The van der Waals surface area contributed by atoms with Crippen LogP contribution in [0.2, 0.25) is 0 Å². The van der Waals surface area contributed by atoms with Crippen molar-refractivity contribution in [3.63, 3.8) is 0 Å². The maximum Gasteiger partial charge on any atom is 0.354 e. The molecule has 5 rings (SSSR count). The molecular weight excluding hydrogens is 406 g/mol. The third-order valence-corrected chi connectivity index (χ3v) is 5.92. The van der Waals surface area contributed by atoms with Crippen LogP contribution in [-0.2, 0) is 24.2 Å². The molecule has 2 aromatic heterocycles. The third-order valence-electron chi connectivity index (χ3n) is 5.92. The van der Waals surface area contributed by atoms with Crippen LogP contribution in [0.4, 0.5) is 5.69 Å². The summed E-state index contributed by atoms with van der Waals surface area (Å²) in [5.41, 5.74) is 10.8. The first-order valence-corrected chi connectivity index (χ1v) is 10.4. The number of para-hydroxylation sites is 1. The van der Waals surface area contributed by atoms with Gasteiger partial charge in [0, 0.05) is 53.8 Å². The van der Waals surface area contributed by atoms with Crippen LogP contribution in [0.1, 0.15) is 27.3 Å². The van der Waals surface area contributed by atoms with Gasteiger partial charge in [0.1, 0.15) is 11.5 Å². The van der Waals surface area contributed by atoms with Gasteiger partial charge < -0.3 is 20.4 Å². The molecule has 0 radical (unpaired) electrons. The molecule has 4 N–H and O–H groups in total. The van der Waals surface area contributed by atoms with Crippen LogP contribution >= 0.6 is 0 Å². The van der Waals surface area contributed by atoms with Crippen LogP contribution in [0.3, 0.4) is 0 Å². The lowest BCUT2D eigenvalue weighted by Gasteiger charge is -2.27. The van der Waals surface area contributed by atoms with Gasteiger partial charge >= 0.3 is 5.97 Å². The van der Waals surface area contributed by atoms with E-state index in [0.717, 1.165) is 34.3 Å². The molecule has 4 aromatic rings. The highest BCUT2D eigenvalue weighted by Crippen LogP contribution is 2.27.